The SMILES string of the molecule is CC(C)(C)OC(=O)NC1CCN(C(=O)/C=C/c2cc(Cl)ccc2Cl)CC1. The van der Waals surface area contributed by atoms with Crippen LogP contribution in [0.15, 0.2) is 24.3 Å². The smallest absolute Gasteiger partial charge is 0.407 e. The number of hydrogen-bond donors (Lipinski definition) is 1. The second-order valence-corrected chi connectivity index (χ2v) is 8.09. The molecule has 1 heterocycles. The van der Waals surface area contributed by atoms with Gasteiger partial charge in [0.15, 0.2) is 0 Å². The standard InChI is InChI=1S/C19H24Cl2N2O3/c1-19(2,3)26-18(25)22-15-8-10-23(11-9-15)17(24)7-4-13-12-14(20)5-6-16(13)21/h4-7,12,15H,8-11H2,1-3H3,(H,22,25)/b7-4+. The molecule has 1 aromatic rings. The van der Waals surface area contributed by atoms with Gasteiger partial charge in [-0.3, -0.25) is 4.79 Å². The number of hydrogen-bond acceptors (Lipinski definition) is 3. The molecule has 7 heteroatoms. The number of likely N-dealkylation sites (tertiary alicyclic amines) is 1. The first-order valence-electron chi connectivity index (χ1n) is 8.55. The summed E-state index contributed by atoms with van der Waals surface area (Å²) in [7, 11) is 0. The Hall–Kier alpha value is -1.72. The van der Waals surface area contributed by atoms with Crippen LogP contribution in [0.1, 0.15) is 39.2 Å². The second-order valence-electron chi connectivity index (χ2n) is 7.24. The van der Waals surface area contributed by atoms with E-state index >= 15 is 0 Å². The number of rotatable bonds is 3. The monoisotopic (exact) mass is 398 g/mol. The number of halogens is 2. The van der Waals surface area contributed by atoms with Crippen LogP contribution in [0.5, 0.6) is 0 Å². The number of amides is 2. The molecule has 1 aromatic carbocycles. The van der Waals surface area contributed by atoms with Gasteiger partial charge < -0.3 is 15.0 Å². The van der Waals surface area contributed by atoms with Crippen LogP contribution in [0, 0.1) is 0 Å². The summed E-state index contributed by atoms with van der Waals surface area (Å²) < 4.78 is 5.26. The van der Waals surface area contributed by atoms with E-state index in [-0.39, 0.29) is 11.9 Å². The zero-order valence-corrected chi connectivity index (χ0v) is 16.7. The molecule has 5 nitrogen and oxygen atoms in total. The third kappa shape index (κ3) is 6.54. The molecule has 0 saturated carbocycles. The maximum atomic E-state index is 12.3. The van der Waals surface area contributed by atoms with Crippen molar-refractivity contribution in [2.75, 3.05) is 13.1 Å². The van der Waals surface area contributed by atoms with Gasteiger partial charge in [0.25, 0.3) is 0 Å². The number of benzene rings is 1. The van der Waals surface area contributed by atoms with Crippen molar-refractivity contribution in [3.8, 4) is 0 Å². The summed E-state index contributed by atoms with van der Waals surface area (Å²) >= 11 is 12.0. The van der Waals surface area contributed by atoms with Gasteiger partial charge in [-0.1, -0.05) is 23.2 Å². The molecule has 0 spiro atoms. The van der Waals surface area contributed by atoms with E-state index < -0.39 is 11.7 Å². The van der Waals surface area contributed by atoms with E-state index in [9.17, 15) is 9.59 Å². The van der Waals surface area contributed by atoms with E-state index in [2.05, 4.69) is 5.32 Å². The van der Waals surface area contributed by atoms with Crippen LogP contribution in [0.25, 0.3) is 6.08 Å². The predicted molar refractivity (Wildman–Crippen MR) is 104 cm³/mol. The summed E-state index contributed by atoms with van der Waals surface area (Å²) in [5, 5.41) is 3.96. The van der Waals surface area contributed by atoms with Gasteiger partial charge in [0.2, 0.25) is 5.91 Å². The molecule has 1 aliphatic rings. The molecule has 0 unspecified atom stereocenters. The summed E-state index contributed by atoms with van der Waals surface area (Å²) in [5.74, 6) is -0.0863. The molecule has 1 aliphatic heterocycles. The topological polar surface area (TPSA) is 58.6 Å². The fourth-order valence-electron chi connectivity index (χ4n) is 2.63. The van der Waals surface area contributed by atoms with E-state index in [1.54, 1.807) is 29.2 Å². The Bertz CT molecular complexity index is 691. The van der Waals surface area contributed by atoms with Crippen molar-refractivity contribution in [1.82, 2.24) is 10.2 Å². The molecule has 1 fully saturated rings. The van der Waals surface area contributed by atoms with E-state index in [1.807, 2.05) is 20.8 Å². The van der Waals surface area contributed by atoms with Crippen molar-refractivity contribution in [3.05, 3.63) is 39.9 Å². The number of piperidine rings is 1. The molecule has 0 radical (unpaired) electrons. The van der Waals surface area contributed by atoms with Gasteiger partial charge in [-0.25, -0.2) is 4.79 Å². The Labute approximate surface area is 164 Å². The molecule has 0 atom stereocenters. The minimum absolute atomic E-state index is 0.0141. The minimum Gasteiger partial charge on any atom is -0.444 e. The van der Waals surface area contributed by atoms with Gasteiger partial charge in [-0.05, 0) is 63.5 Å². The Kier molecular flexibility index (Phi) is 6.95. The highest BCUT2D eigenvalue weighted by Gasteiger charge is 2.24. The van der Waals surface area contributed by atoms with Crippen molar-refractivity contribution in [2.24, 2.45) is 0 Å². The van der Waals surface area contributed by atoms with Crippen molar-refractivity contribution in [1.29, 1.82) is 0 Å². The second kappa shape index (κ2) is 8.78. The molecule has 2 amide bonds. The lowest BCUT2D eigenvalue weighted by Crippen LogP contribution is -2.47. The van der Waals surface area contributed by atoms with Crippen LogP contribution in [-0.2, 0) is 9.53 Å². The number of ether oxygens (including phenoxy) is 1. The predicted octanol–water partition coefficient (Wildman–Crippen LogP) is 4.52. The molecular weight excluding hydrogens is 375 g/mol. The number of nitrogens with zero attached hydrogens (tertiary/aromatic N) is 1. The van der Waals surface area contributed by atoms with Crippen LogP contribution in [0.4, 0.5) is 4.79 Å². The number of nitrogens with one attached hydrogen (secondary N) is 1. The molecular formula is C19H24Cl2N2O3. The maximum Gasteiger partial charge on any atom is 0.407 e. The number of carbonyl (C=O) groups is 2. The summed E-state index contributed by atoms with van der Waals surface area (Å²) in [6.07, 6.45) is 4.13. The summed E-state index contributed by atoms with van der Waals surface area (Å²) in [5.41, 5.74) is 0.182. The lowest BCUT2D eigenvalue weighted by molar-refractivity contribution is -0.127. The first-order chi connectivity index (χ1) is 12.1. The van der Waals surface area contributed by atoms with Gasteiger partial charge in [0.05, 0.1) is 0 Å². The van der Waals surface area contributed by atoms with E-state index in [1.165, 1.54) is 6.08 Å². The van der Waals surface area contributed by atoms with Gasteiger partial charge >= 0.3 is 6.09 Å². The average molecular weight is 399 g/mol. The molecule has 1 N–H and O–H groups in total. The highest BCUT2D eigenvalue weighted by Crippen LogP contribution is 2.22. The Morgan fingerprint density at radius 3 is 2.50 bits per heavy atom. The molecule has 26 heavy (non-hydrogen) atoms. The van der Waals surface area contributed by atoms with Crippen LogP contribution >= 0.6 is 23.2 Å². The van der Waals surface area contributed by atoms with E-state index in [0.29, 0.717) is 41.5 Å². The Morgan fingerprint density at radius 2 is 1.88 bits per heavy atom. The zero-order chi connectivity index (χ0) is 19.3. The maximum absolute atomic E-state index is 12.3. The van der Waals surface area contributed by atoms with Crippen molar-refractivity contribution in [2.45, 2.75) is 45.3 Å². The highest BCUT2D eigenvalue weighted by molar-refractivity contribution is 6.34. The molecule has 0 aliphatic carbocycles. The average Bonchev–Trinajstić information content (AvgIpc) is 2.54. The molecule has 2 rings (SSSR count). The summed E-state index contributed by atoms with van der Waals surface area (Å²) in [4.78, 5) is 25.9. The molecule has 0 aromatic heterocycles. The molecule has 142 valence electrons. The van der Waals surface area contributed by atoms with Crippen molar-refractivity contribution >= 4 is 41.3 Å². The van der Waals surface area contributed by atoms with E-state index in [0.717, 1.165) is 0 Å². The number of carbonyl (C=O) groups excluding carboxylic acids is 2. The van der Waals surface area contributed by atoms with Crippen LogP contribution in [-0.4, -0.2) is 41.6 Å². The third-order valence-corrected chi connectivity index (χ3v) is 4.47. The minimum atomic E-state index is -0.521. The zero-order valence-electron chi connectivity index (χ0n) is 15.2. The van der Waals surface area contributed by atoms with Gasteiger partial charge in [0.1, 0.15) is 5.60 Å². The van der Waals surface area contributed by atoms with Crippen LogP contribution in [0.2, 0.25) is 10.0 Å². The van der Waals surface area contributed by atoms with Crippen molar-refractivity contribution in [3.63, 3.8) is 0 Å². The van der Waals surface area contributed by atoms with Gasteiger partial charge in [-0.15, -0.1) is 0 Å². The van der Waals surface area contributed by atoms with Gasteiger partial charge in [-0.2, -0.15) is 0 Å². The quantitative estimate of drug-likeness (QED) is 0.761. The van der Waals surface area contributed by atoms with Gasteiger partial charge in [0, 0.05) is 35.3 Å². The Balaban J connectivity index is 1.83. The largest absolute Gasteiger partial charge is 0.444 e. The molecule has 1 saturated heterocycles. The molecule has 0 bridgehead atoms. The van der Waals surface area contributed by atoms with Crippen molar-refractivity contribution < 1.29 is 14.3 Å². The first kappa shape index (κ1) is 20.6. The first-order valence-corrected chi connectivity index (χ1v) is 9.31. The van der Waals surface area contributed by atoms with Crippen LogP contribution < -0.4 is 5.32 Å². The highest BCUT2D eigenvalue weighted by atomic mass is 35.5. The normalized spacial score (nSPS) is 16.0. The lowest BCUT2D eigenvalue weighted by Gasteiger charge is -2.32. The Morgan fingerprint density at radius 1 is 1.23 bits per heavy atom. The fourth-order valence-corrected chi connectivity index (χ4v) is 2.99. The van der Waals surface area contributed by atoms with E-state index in [4.69, 9.17) is 27.9 Å². The summed E-state index contributed by atoms with van der Waals surface area (Å²) in [6.45, 7) is 6.63. The lowest BCUT2D eigenvalue weighted by atomic mass is 10.1. The fraction of sp³-hybridized carbons (Fsp3) is 0.474. The third-order valence-electron chi connectivity index (χ3n) is 3.89. The van der Waals surface area contributed by atoms with Crippen LogP contribution in [0.3, 0.4) is 0 Å². The number of alkyl carbamates (subject to hydrolysis) is 1. The summed E-state index contributed by atoms with van der Waals surface area (Å²) in [6, 6.07) is 5.12.